The minimum atomic E-state index is -0.874. The number of benzene rings is 3. The van der Waals surface area contributed by atoms with Gasteiger partial charge in [0.15, 0.2) is 11.9 Å². The first-order valence-electron chi connectivity index (χ1n) is 9.23. The highest BCUT2D eigenvalue weighted by Crippen LogP contribution is 2.28. The highest BCUT2D eigenvalue weighted by molar-refractivity contribution is 9.10. The number of hydrogen-bond donors (Lipinski definition) is 0. The third-order valence-corrected chi connectivity index (χ3v) is 5.19. The smallest absolute Gasteiger partial charge is 0.352 e. The van der Waals surface area contributed by atoms with Crippen LogP contribution in [0.2, 0.25) is 10.0 Å². The van der Waals surface area contributed by atoms with E-state index in [-0.39, 0.29) is 5.78 Å². The Balaban J connectivity index is 1.58. The van der Waals surface area contributed by atoms with Crippen molar-refractivity contribution in [3.05, 3.63) is 98.5 Å². The van der Waals surface area contributed by atoms with E-state index < -0.39 is 12.1 Å². The van der Waals surface area contributed by atoms with Gasteiger partial charge in [0.25, 0.3) is 0 Å². The van der Waals surface area contributed by atoms with Crippen LogP contribution in [0.1, 0.15) is 22.8 Å². The molecule has 0 spiro atoms. The summed E-state index contributed by atoms with van der Waals surface area (Å²) in [6.07, 6.45) is 2.32. The normalized spacial score (nSPS) is 11.9. The predicted octanol–water partition coefficient (Wildman–Crippen LogP) is 7.02. The van der Waals surface area contributed by atoms with Crippen LogP contribution in [0.15, 0.2) is 77.3 Å². The van der Waals surface area contributed by atoms with Crippen molar-refractivity contribution in [1.29, 1.82) is 0 Å². The molecular weight excluding hydrogens is 503 g/mol. The zero-order valence-corrected chi connectivity index (χ0v) is 19.4. The average molecular weight is 520 g/mol. The van der Waals surface area contributed by atoms with Crippen LogP contribution in [0.4, 0.5) is 0 Å². The van der Waals surface area contributed by atoms with Crippen LogP contribution in [0.25, 0.3) is 6.08 Å². The Hall–Kier alpha value is -2.60. The first-order valence-corrected chi connectivity index (χ1v) is 10.8. The monoisotopic (exact) mass is 518 g/mol. The van der Waals surface area contributed by atoms with Crippen molar-refractivity contribution in [2.45, 2.75) is 13.0 Å². The van der Waals surface area contributed by atoms with Crippen molar-refractivity contribution in [1.82, 2.24) is 0 Å². The summed E-state index contributed by atoms with van der Waals surface area (Å²) in [5.41, 5.74) is 1.38. The molecule has 3 rings (SSSR count). The van der Waals surface area contributed by atoms with Gasteiger partial charge in [-0.3, -0.25) is 4.79 Å². The fourth-order valence-electron chi connectivity index (χ4n) is 2.57. The molecule has 0 aliphatic rings. The number of halogens is 3. The summed E-state index contributed by atoms with van der Waals surface area (Å²) in [5, 5.41) is 0.778. The van der Waals surface area contributed by atoms with Gasteiger partial charge in [-0.25, -0.2) is 4.79 Å². The molecule has 0 saturated carbocycles. The van der Waals surface area contributed by atoms with Crippen LogP contribution in [0.5, 0.6) is 11.5 Å². The molecule has 31 heavy (non-hydrogen) atoms. The summed E-state index contributed by atoms with van der Waals surface area (Å²) < 4.78 is 11.7. The molecule has 7 heteroatoms. The third kappa shape index (κ3) is 6.69. The fraction of sp³-hybridized carbons (Fsp3) is 0.0833. The number of carbonyl (C=O) groups excluding carboxylic acids is 2. The predicted molar refractivity (Wildman–Crippen MR) is 126 cm³/mol. The maximum atomic E-state index is 12.3. The van der Waals surface area contributed by atoms with Gasteiger partial charge < -0.3 is 9.47 Å². The van der Waals surface area contributed by atoms with Gasteiger partial charge in [0.1, 0.15) is 11.5 Å². The zero-order chi connectivity index (χ0) is 22.4. The number of carbonyl (C=O) groups is 2. The quantitative estimate of drug-likeness (QED) is 0.145. The van der Waals surface area contributed by atoms with Gasteiger partial charge in [-0.15, -0.1) is 0 Å². The van der Waals surface area contributed by atoms with Gasteiger partial charge in [-0.1, -0.05) is 69.5 Å². The first kappa shape index (κ1) is 23.1. The van der Waals surface area contributed by atoms with E-state index in [2.05, 4.69) is 15.9 Å². The third-order valence-electron chi connectivity index (χ3n) is 4.16. The lowest BCUT2D eigenvalue weighted by Gasteiger charge is -2.15. The minimum Gasteiger partial charge on any atom is -0.477 e. The Labute approximate surface area is 198 Å². The van der Waals surface area contributed by atoms with E-state index in [1.54, 1.807) is 67.6 Å². The topological polar surface area (TPSA) is 52.6 Å². The maximum absolute atomic E-state index is 12.3. The summed E-state index contributed by atoms with van der Waals surface area (Å²) in [5.74, 6) is 0.0204. The van der Waals surface area contributed by atoms with Crippen LogP contribution in [0.3, 0.4) is 0 Å². The summed E-state index contributed by atoms with van der Waals surface area (Å²) in [7, 11) is 0. The maximum Gasteiger partial charge on any atom is 0.352 e. The Kier molecular flexibility index (Phi) is 7.91. The van der Waals surface area contributed by atoms with Crippen LogP contribution >= 0.6 is 39.1 Å². The van der Waals surface area contributed by atoms with Crippen LogP contribution < -0.4 is 9.47 Å². The molecule has 0 aromatic heterocycles. The van der Waals surface area contributed by atoms with Crippen molar-refractivity contribution >= 4 is 57.0 Å². The number of esters is 1. The molecule has 0 heterocycles. The van der Waals surface area contributed by atoms with Crippen molar-refractivity contribution in [3.63, 3.8) is 0 Å². The fourth-order valence-corrected chi connectivity index (χ4v) is 3.42. The molecule has 0 aliphatic heterocycles. The van der Waals surface area contributed by atoms with Crippen molar-refractivity contribution in [2.75, 3.05) is 0 Å². The minimum absolute atomic E-state index is 0.108. The molecule has 0 bridgehead atoms. The van der Waals surface area contributed by atoms with E-state index >= 15 is 0 Å². The van der Waals surface area contributed by atoms with Gasteiger partial charge in [0, 0.05) is 15.1 Å². The van der Waals surface area contributed by atoms with Crippen molar-refractivity contribution in [2.24, 2.45) is 0 Å². The molecule has 1 unspecified atom stereocenters. The van der Waals surface area contributed by atoms with Crippen LogP contribution in [0, 0.1) is 0 Å². The molecule has 0 amide bonds. The molecule has 0 saturated heterocycles. The highest BCUT2D eigenvalue weighted by Gasteiger charge is 2.18. The molecule has 3 aromatic rings. The molecule has 0 aliphatic carbocycles. The molecule has 0 N–H and O–H groups in total. The van der Waals surface area contributed by atoms with E-state index in [9.17, 15) is 9.59 Å². The van der Waals surface area contributed by atoms with Gasteiger partial charge >= 0.3 is 5.97 Å². The molecule has 1 atom stereocenters. The first-order chi connectivity index (χ1) is 14.8. The largest absolute Gasteiger partial charge is 0.477 e. The Morgan fingerprint density at radius 3 is 2.42 bits per heavy atom. The lowest BCUT2D eigenvalue weighted by atomic mass is 10.1. The number of ketones is 1. The lowest BCUT2D eigenvalue weighted by Crippen LogP contribution is -2.28. The van der Waals surface area contributed by atoms with E-state index in [0.29, 0.717) is 27.1 Å². The molecule has 0 radical (unpaired) electrons. The van der Waals surface area contributed by atoms with Gasteiger partial charge in [-0.2, -0.15) is 0 Å². The Morgan fingerprint density at radius 1 is 1.00 bits per heavy atom. The second-order valence-electron chi connectivity index (χ2n) is 6.53. The molecule has 158 valence electrons. The van der Waals surface area contributed by atoms with E-state index in [1.807, 2.05) is 6.07 Å². The molecule has 3 aromatic carbocycles. The summed E-state index contributed by atoms with van der Waals surface area (Å²) in [6, 6.07) is 18.7. The standard InChI is InChI=1S/C24H17BrCl2O4/c1-15(30-23-12-8-19(26)14-21(23)27)24(29)31-20-9-5-16(6-10-20)7-11-22(28)17-3-2-4-18(25)13-17/h2-15H,1H3/b11-7+. The van der Waals surface area contributed by atoms with Gasteiger partial charge in [-0.05, 0) is 61.0 Å². The number of rotatable bonds is 7. The lowest BCUT2D eigenvalue weighted by molar-refractivity contribution is -0.141. The number of ether oxygens (including phenoxy) is 2. The highest BCUT2D eigenvalue weighted by atomic mass is 79.9. The average Bonchev–Trinajstić information content (AvgIpc) is 2.75. The van der Waals surface area contributed by atoms with E-state index in [1.165, 1.54) is 12.1 Å². The second-order valence-corrected chi connectivity index (χ2v) is 8.29. The Bertz CT molecular complexity index is 1130. The SMILES string of the molecule is CC(Oc1ccc(Cl)cc1Cl)C(=O)Oc1ccc(/C=C/C(=O)c2cccc(Br)c2)cc1. The van der Waals surface area contributed by atoms with Gasteiger partial charge in [0.2, 0.25) is 0 Å². The number of hydrogen-bond acceptors (Lipinski definition) is 4. The van der Waals surface area contributed by atoms with E-state index in [0.717, 1.165) is 10.0 Å². The van der Waals surface area contributed by atoms with Gasteiger partial charge in [0.05, 0.1) is 5.02 Å². The zero-order valence-electron chi connectivity index (χ0n) is 16.3. The van der Waals surface area contributed by atoms with Crippen LogP contribution in [-0.4, -0.2) is 17.9 Å². The molecular formula is C24H17BrCl2O4. The second kappa shape index (κ2) is 10.6. The van der Waals surface area contributed by atoms with Crippen molar-refractivity contribution in [3.8, 4) is 11.5 Å². The molecule has 0 fully saturated rings. The van der Waals surface area contributed by atoms with Crippen molar-refractivity contribution < 1.29 is 19.1 Å². The summed E-state index contributed by atoms with van der Waals surface area (Å²) in [4.78, 5) is 24.5. The Morgan fingerprint density at radius 2 is 1.74 bits per heavy atom. The summed E-state index contributed by atoms with van der Waals surface area (Å²) in [6.45, 7) is 1.57. The van der Waals surface area contributed by atoms with Crippen LogP contribution in [-0.2, 0) is 4.79 Å². The van der Waals surface area contributed by atoms with E-state index in [4.69, 9.17) is 32.7 Å². The molecule has 4 nitrogen and oxygen atoms in total. The summed E-state index contributed by atoms with van der Waals surface area (Å²) >= 11 is 15.3. The number of allylic oxidation sites excluding steroid dienone is 1.